The number of rotatable bonds is 4. The molecule has 0 fully saturated rings. The predicted octanol–water partition coefficient (Wildman–Crippen LogP) is 3.15. The summed E-state index contributed by atoms with van der Waals surface area (Å²) in [4.78, 5) is 24.3. The van der Waals surface area contributed by atoms with Gasteiger partial charge in [0.2, 0.25) is 5.91 Å². The van der Waals surface area contributed by atoms with Gasteiger partial charge in [0, 0.05) is 12.0 Å². The second kappa shape index (κ2) is 8.33. The first-order chi connectivity index (χ1) is 13.3. The lowest BCUT2D eigenvalue weighted by Crippen LogP contribution is -2.41. The minimum absolute atomic E-state index is 0.105. The summed E-state index contributed by atoms with van der Waals surface area (Å²) in [5.74, 6) is 0.499. The predicted molar refractivity (Wildman–Crippen MR) is 107 cm³/mol. The van der Waals surface area contributed by atoms with Crippen molar-refractivity contribution in [3.8, 4) is 11.5 Å². The molecule has 2 aromatic rings. The molecule has 0 atom stereocenters. The molecule has 0 aliphatic carbocycles. The molecule has 3 rings (SSSR count). The topological polar surface area (TPSA) is 76.7 Å². The van der Waals surface area contributed by atoms with E-state index in [2.05, 4.69) is 43.8 Å². The molecule has 6 nitrogen and oxygen atoms in total. The van der Waals surface area contributed by atoms with Crippen LogP contribution in [0.3, 0.4) is 0 Å². The van der Waals surface area contributed by atoms with Crippen LogP contribution >= 0.6 is 0 Å². The number of hydrogen-bond acceptors (Lipinski definition) is 4. The highest BCUT2D eigenvalue weighted by molar-refractivity contribution is 5.96. The molecule has 1 aliphatic rings. The van der Waals surface area contributed by atoms with Crippen molar-refractivity contribution in [3.05, 3.63) is 59.2 Å². The highest BCUT2D eigenvalue weighted by atomic mass is 16.6. The normalized spacial score (nSPS) is 13.0. The summed E-state index contributed by atoms with van der Waals surface area (Å²) in [5, 5.41) is 0. The van der Waals surface area contributed by atoms with E-state index in [9.17, 15) is 9.59 Å². The van der Waals surface area contributed by atoms with Gasteiger partial charge < -0.3 is 9.47 Å². The Morgan fingerprint density at radius 3 is 2.29 bits per heavy atom. The average Bonchev–Trinajstić information content (AvgIpc) is 2.69. The molecule has 0 unspecified atom stereocenters. The number of ether oxygens (including phenoxy) is 2. The lowest BCUT2D eigenvalue weighted by Gasteiger charge is -2.19. The van der Waals surface area contributed by atoms with Crippen LogP contribution in [0, 0.1) is 0 Å². The first-order valence-corrected chi connectivity index (χ1v) is 9.41. The van der Waals surface area contributed by atoms with Crippen LogP contribution in [0.5, 0.6) is 11.5 Å². The zero-order chi connectivity index (χ0) is 20.1. The fraction of sp³-hybridized carbons (Fsp3) is 0.364. The molecular formula is C22H26N2O4. The van der Waals surface area contributed by atoms with Crippen LogP contribution in [0.2, 0.25) is 0 Å². The minimum atomic E-state index is -0.403. The molecule has 0 saturated carbocycles. The number of aryl methyl sites for hydroxylation is 1. The Bertz CT molecular complexity index is 854. The van der Waals surface area contributed by atoms with E-state index in [0.29, 0.717) is 36.7 Å². The van der Waals surface area contributed by atoms with E-state index in [0.717, 1.165) is 5.56 Å². The Morgan fingerprint density at radius 2 is 1.61 bits per heavy atom. The lowest BCUT2D eigenvalue weighted by atomic mass is 9.86. The van der Waals surface area contributed by atoms with Crippen molar-refractivity contribution in [1.29, 1.82) is 0 Å². The van der Waals surface area contributed by atoms with E-state index >= 15 is 0 Å². The highest BCUT2D eigenvalue weighted by Gasteiger charge is 2.16. The van der Waals surface area contributed by atoms with Crippen LogP contribution < -0.4 is 20.3 Å². The Morgan fingerprint density at radius 1 is 0.929 bits per heavy atom. The Hall–Kier alpha value is -3.02. The van der Waals surface area contributed by atoms with Crippen molar-refractivity contribution < 1.29 is 19.1 Å². The SMILES string of the molecule is CC(C)(C)c1ccc(CCC(=O)NNC(=O)c2ccc3c(c2)OCCO3)cc1. The summed E-state index contributed by atoms with van der Waals surface area (Å²) >= 11 is 0. The monoisotopic (exact) mass is 382 g/mol. The van der Waals surface area contributed by atoms with E-state index in [1.165, 1.54) is 5.56 Å². The van der Waals surface area contributed by atoms with Crippen LogP contribution in [0.25, 0.3) is 0 Å². The van der Waals surface area contributed by atoms with E-state index in [1.807, 2.05) is 12.1 Å². The Labute approximate surface area is 165 Å². The molecule has 0 saturated heterocycles. The van der Waals surface area contributed by atoms with Crippen molar-refractivity contribution in [2.45, 2.75) is 39.0 Å². The zero-order valence-electron chi connectivity index (χ0n) is 16.5. The van der Waals surface area contributed by atoms with E-state index in [-0.39, 0.29) is 17.7 Å². The van der Waals surface area contributed by atoms with Gasteiger partial charge >= 0.3 is 0 Å². The number of fused-ring (bicyclic) bond motifs is 1. The molecule has 1 aliphatic heterocycles. The van der Waals surface area contributed by atoms with Gasteiger partial charge in [-0.25, -0.2) is 0 Å². The maximum Gasteiger partial charge on any atom is 0.269 e. The third-order valence-corrected chi connectivity index (χ3v) is 4.58. The van der Waals surface area contributed by atoms with Crippen molar-refractivity contribution in [2.75, 3.05) is 13.2 Å². The van der Waals surface area contributed by atoms with Gasteiger partial charge in [0.25, 0.3) is 5.91 Å². The van der Waals surface area contributed by atoms with E-state index in [1.54, 1.807) is 18.2 Å². The van der Waals surface area contributed by atoms with Gasteiger partial charge in [0.05, 0.1) is 0 Å². The quantitative estimate of drug-likeness (QED) is 0.797. The van der Waals surface area contributed by atoms with E-state index < -0.39 is 5.91 Å². The summed E-state index contributed by atoms with van der Waals surface area (Å²) in [6, 6.07) is 13.2. The van der Waals surface area contributed by atoms with Gasteiger partial charge in [-0.15, -0.1) is 0 Å². The second-order valence-corrected chi connectivity index (χ2v) is 7.81. The summed E-state index contributed by atoms with van der Waals surface area (Å²) in [6.07, 6.45) is 0.895. The van der Waals surface area contributed by atoms with Gasteiger partial charge in [0.15, 0.2) is 11.5 Å². The van der Waals surface area contributed by atoms with Crippen molar-refractivity contribution >= 4 is 11.8 Å². The second-order valence-electron chi connectivity index (χ2n) is 7.81. The van der Waals surface area contributed by atoms with Crippen LogP contribution in [0.4, 0.5) is 0 Å². The number of hydrazine groups is 1. The number of hydrogen-bond donors (Lipinski definition) is 2. The molecule has 6 heteroatoms. The number of benzene rings is 2. The van der Waals surface area contributed by atoms with Crippen LogP contribution in [-0.2, 0) is 16.6 Å². The molecule has 1 heterocycles. The highest BCUT2D eigenvalue weighted by Crippen LogP contribution is 2.30. The molecule has 148 valence electrons. The van der Waals surface area contributed by atoms with Gasteiger partial charge in [-0.05, 0) is 41.2 Å². The standard InChI is InChI=1S/C22H26N2O4/c1-22(2,3)17-8-4-15(5-9-17)6-11-20(25)23-24-21(26)16-7-10-18-19(14-16)28-13-12-27-18/h4-5,7-10,14H,6,11-13H2,1-3H3,(H,23,25)(H,24,26). The number of nitrogens with one attached hydrogen (secondary N) is 2. The fourth-order valence-corrected chi connectivity index (χ4v) is 2.88. The number of carbonyl (C=O) groups excluding carboxylic acids is 2. The molecule has 2 aromatic carbocycles. The van der Waals surface area contributed by atoms with Crippen molar-refractivity contribution in [2.24, 2.45) is 0 Å². The first-order valence-electron chi connectivity index (χ1n) is 9.41. The maximum atomic E-state index is 12.2. The third kappa shape index (κ3) is 5.03. The summed E-state index contributed by atoms with van der Waals surface area (Å²) in [7, 11) is 0. The number of amides is 2. The minimum Gasteiger partial charge on any atom is -0.486 e. The van der Waals surface area contributed by atoms with Crippen molar-refractivity contribution in [1.82, 2.24) is 10.9 Å². The molecular weight excluding hydrogens is 356 g/mol. The van der Waals surface area contributed by atoms with Gasteiger partial charge in [-0.2, -0.15) is 0 Å². The number of carbonyl (C=O) groups is 2. The molecule has 0 radical (unpaired) electrons. The fourth-order valence-electron chi connectivity index (χ4n) is 2.88. The van der Waals surface area contributed by atoms with E-state index in [4.69, 9.17) is 9.47 Å². The molecule has 0 aromatic heterocycles. The van der Waals surface area contributed by atoms with Gasteiger partial charge in [-0.1, -0.05) is 45.0 Å². The van der Waals surface area contributed by atoms with Gasteiger partial charge in [0.1, 0.15) is 13.2 Å². The summed E-state index contributed by atoms with van der Waals surface area (Å²) in [5.41, 5.74) is 7.73. The summed E-state index contributed by atoms with van der Waals surface area (Å²) in [6.45, 7) is 7.44. The third-order valence-electron chi connectivity index (χ3n) is 4.58. The van der Waals surface area contributed by atoms with Crippen LogP contribution in [0.15, 0.2) is 42.5 Å². The molecule has 2 N–H and O–H groups in total. The smallest absolute Gasteiger partial charge is 0.269 e. The molecule has 2 amide bonds. The molecule has 28 heavy (non-hydrogen) atoms. The van der Waals surface area contributed by atoms with Crippen molar-refractivity contribution in [3.63, 3.8) is 0 Å². The maximum absolute atomic E-state index is 12.2. The lowest BCUT2D eigenvalue weighted by molar-refractivity contribution is -0.121. The largest absolute Gasteiger partial charge is 0.486 e. The Kier molecular flexibility index (Phi) is 5.87. The molecule has 0 bridgehead atoms. The van der Waals surface area contributed by atoms with Crippen LogP contribution in [-0.4, -0.2) is 25.0 Å². The zero-order valence-corrected chi connectivity index (χ0v) is 16.5. The Balaban J connectivity index is 1.47. The summed E-state index contributed by atoms with van der Waals surface area (Å²) < 4.78 is 10.9. The van der Waals surface area contributed by atoms with Crippen LogP contribution in [0.1, 0.15) is 48.7 Å². The van der Waals surface area contributed by atoms with Gasteiger partial charge in [-0.3, -0.25) is 20.4 Å². The average molecular weight is 382 g/mol. The molecule has 0 spiro atoms. The first kappa shape index (κ1) is 19.7.